The molecule has 1 aromatic carbocycles. The van der Waals surface area contributed by atoms with E-state index in [-0.39, 0.29) is 6.04 Å². The summed E-state index contributed by atoms with van der Waals surface area (Å²) in [4.78, 5) is 0. The quantitative estimate of drug-likeness (QED) is 0.818. The van der Waals surface area contributed by atoms with Gasteiger partial charge in [0.05, 0.1) is 25.4 Å². The number of likely N-dealkylation sites (N-methyl/N-ethyl adjacent to an activating group) is 1. The lowest BCUT2D eigenvalue weighted by Gasteiger charge is -2.22. The first-order valence-corrected chi connectivity index (χ1v) is 7.35. The molecule has 106 valence electrons. The average Bonchev–Trinajstić information content (AvgIpc) is 2.95. The van der Waals surface area contributed by atoms with Gasteiger partial charge in [-0.3, -0.25) is 0 Å². The van der Waals surface area contributed by atoms with Gasteiger partial charge in [0.25, 0.3) is 0 Å². The molecule has 0 spiro atoms. The molecule has 3 heteroatoms. The third-order valence-electron chi connectivity index (χ3n) is 3.74. The second-order valence-corrected chi connectivity index (χ2v) is 5.05. The molecule has 0 bridgehead atoms. The van der Waals surface area contributed by atoms with Gasteiger partial charge >= 0.3 is 0 Å². The first-order chi connectivity index (χ1) is 9.35. The van der Waals surface area contributed by atoms with Crippen LogP contribution in [0, 0.1) is 0 Å². The molecule has 0 aliphatic heterocycles. The highest BCUT2D eigenvalue weighted by atomic mass is 16.5. The third-order valence-corrected chi connectivity index (χ3v) is 3.74. The summed E-state index contributed by atoms with van der Waals surface area (Å²) in [6.45, 7) is 3.42. The van der Waals surface area contributed by atoms with Crippen molar-refractivity contribution in [3.63, 3.8) is 0 Å². The lowest BCUT2D eigenvalue weighted by atomic mass is 10.1. The summed E-state index contributed by atoms with van der Waals surface area (Å²) in [5.74, 6) is 0.958. The van der Waals surface area contributed by atoms with Gasteiger partial charge in [-0.2, -0.15) is 0 Å². The van der Waals surface area contributed by atoms with Crippen molar-refractivity contribution in [2.75, 3.05) is 20.3 Å². The Kier molecular flexibility index (Phi) is 5.67. The van der Waals surface area contributed by atoms with Crippen LogP contribution < -0.4 is 10.1 Å². The summed E-state index contributed by atoms with van der Waals surface area (Å²) < 4.78 is 11.7. The second kappa shape index (κ2) is 7.51. The summed E-state index contributed by atoms with van der Waals surface area (Å²) in [6.07, 6.45) is 5.50. The molecule has 0 aromatic heterocycles. The molecule has 0 amide bonds. The van der Waals surface area contributed by atoms with E-state index in [4.69, 9.17) is 9.47 Å². The van der Waals surface area contributed by atoms with Gasteiger partial charge in [0.2, 0.25) is 0 Å². The molecule has 1 aliphatic rings. The van der Waals surface area contributed by atoms with Crippen LogP contribution in [0.15, 0.2) is 24.3 Å². The Balaban J connectivity index is 1.99. The standard InChI is InChI=1S/C16H25NO2/c1-3-18-16-11-7-6-10-14(16)15(17-2)12-19-13-8-4-5-9-13/h6-7,10-11,13,15,17H,3-5,8-9,12H2,1-2H3. The highest BCUT2D eigenvalue weighted by molar-refractivity contribution is 5.36. The minimum atomic E-state index is 0.198. The van der Waals surface area contributed by atoms with Crippen molar-refractivity contribution in [1.82, 2.24) is 5.32 Å². The lowest BCUT2D eigenvalue weighted by Crippen LogP contribution is -2.25. The number of rotatable bonds is 7. The van der Waals surface area contributed by atoms with E-state index in [0.717, 1.165) is 5.75 Å². The van der Waals surface area contributed by atoms with Gasteiger partial charge in [0.15, 0.2) is 0 Å². The van der Waals surface area contributed by atoms with Gasteiger partial charge in [-0.1, -0.05) is 31.0 Å². The van der Waals surface area contributed by atoms with E-state index in [1.165, 1.54) is 31.2 Å². The fraction of sp³-hybridized carbons (Fsp3) is 0.625. The van der Waals surface area contributed by atoms with Crippen molar-refractivity contribution < 1.29 is 9.47 Å². The molecule has 1 N–H and O–H groups in total. The first-order valence-electron chi connectivity index (χ1n) is 7.35. The number of benzene rings is 1. The Labute approximate surface area is 116 Å². The van der Waals surface area contributed by atoms with E-state index in [9.17, 15) is 0 Å². The van der Waals surface area contributed by atoms with E-state index in [1.54, 1.807) is 0 Å². The van der Waals surface area contributed by atoms with E-state index >= 15 is 0 Å². The van der Waals surface area contributed by atoms with Crippen LogP contribution in [-0.4, -0.2) is 26.4 Å². The van der Waals surface area contributed by atoms with Crippen LogP contribution in [0.2, 0.25) is 0 Å². The number of hydrogen-bond acceptors (Lipinski definition) is 3. The van der Waals surface area contributed by atoms with Crippen LogP contribution in [0.3, 0.4) is 0 Å². The van der Waals surface area contributed by atoms with Crippen LogP contribution >= 0.6 is 0 Å². The van der Waals surface area contributed by atoms with Crippen molar-refractivity contribution in [3.8, 4) is 5.75 Å². The van der Waals surface area contributed by atoms with Gasteiger partial charge in [-0.15, -0.1) is 0 Å². The van der Waals surface area contributed by atoms with Crippen LogP contribution in [0.5, 0.6) is 5.75 Å². The number of para-hydroxylation sites is 1. The van der Waals surface area contributed by atoms with Crippen molar-refractivity contribution in [2.45, 2.75) is 44.8 Å². The molecule has 1 aromatic rings. The summed E-state index contributed by atoms with van der Waals surface area (Å²) in [6, 6.07) is 8.41. The zero-order chi connectivity index (χ0) is 13.5. The van der Waals surface area contributed by atoms with Gasteiger partial charge < -0.3 is 14.8 Å². The molecule has 0 heterocycles. The summed E-state index contributed by atoms with van der Waals surface area (Å²) in [7, 11) is 1.98. The molecule has 2 rings (SSSR count). The number of hydrogen-bond donors (Lipinski definition) is 1. The van der Waals surface area contributed by atoms with Gasteiger partial charge in [-0.05, 0) is 32.9 Å². The van der Waals surface area contributed by atoms with E-state index in [2.05, 4.69) is 17.4 Å². The van der Waals surface area contributed by atoms with Crippen LogP contribution in [0.4, 0.5) is 0 Å². The van der Waals surface area contributed by atoms with Crippen LogP contribution in [0.25, 0.3) is 0 Å². The smallest absolute Gasteiger partial charge is 0.124 e. The normalized spacial score (nSPS) is 17.6. The molecular formula is C16H25NO2. The molecular weight excluding hydrogens is 238 g/mol. The van der Waals surface area contributed by atoms with Crippen molar-refractivity contribution in [2.24, 2.45) is 0 Å². The van der Waals surface area contributed by atoms with Gasteiger partial charge in [0.1, 0.15) is 5.75 Å². The molecule has 0 radical (unpaired) electrons. The van der Waals surface area contributed by atoms with Gasteiger partial charge in [0, 0.05) is 5.56 Å². The van der Waals surface area contributed by atoms with E-state index in [1.807, 2.05) is 26.1 Å². The first kappa shape index (κ1) is 14.4. The summed E-state index contributed by atoms with van der Waals surface area (Å²) in [5.41, 5.74) is 1.19. The van der Waals surface area contributed by atoms with Crippen LogP contribution in [0.1, 0.15) is 44.2 Å². The maximum absolute atomic E-state index is 6.03. The topological polar surface area (TPSA) is 30.5 Å². The summed E-state index contributed by atoms with van der Waals surface area (Å²) >= 11 is 0. The zero-order valence-corrected chi connectivity index (χ0v) is 12.0. The Bertz CT molecular complexity index is 375. The largest absolute Gasteiger partial charge is 0.494 e. The Morgan fingerprint density at radius 2 is 2.00 bits per heavy atom. The highest BCUT2D eigenvalue weighted by Gasteiger charge is 2.19. The number of nitrogens with one attached hydrogen (secondary N) is 1. The molecule has 19 heavy (non-hydrogen) atoms. The third kappa shape index (κ3) is 3.95. The fourth-order valence-electron chi connectivity index (χ4n) is 2.67. The molecule has 1 atom stereocenters. The second-order valence-electron chi connectivity index (χ2n) is 5.05. The van der Waals surface area contributed by atoms with Crippen molar-refractivity contribution in [3.05, 3.63) is 29.8 Å². The van der Waals surface area contributed by atoms with E-state index in [0.29, 0.717) is 19.3 Å². The molecule has 1 aliphatic carbocycles. The molecule has 1 saturated carbocycles. The maximum Gasteiger partial charge on any atom is 0.124 e. The van der Waals surface area contributed by atoms with Crippen molar-refractivity contribution in [1.29, 1.82) is 0 Å². The molecule has 1 fully saturated rings. The molecule has 3 nitrogen and oxygen atoms in total. The predicted octanol–water partition coefficient (Wildman–Crippen LogP) is 3.31. The Morgan fingerprint density at radius 1 is 1.26 bits per heavy atom. The van der Waals surface area contributed by atoms with E-state index < -0.39 is 0 Å². The summed E-state index contributed by atoms with van der Waals surface area (Å²) in [5, 5.41) is 3.34. The Morgan fingerprint density at radius 3 is 2.68 bits per heavy atom. The molecule has 0 saturated heterocycles. The van der Waals surface area contributed by atoms with Gasteiger partial charge in [-0.25, -0.2) is 0 Å². The minimum absolute atomic E-state index is 0.198. The Hall–Kier alpha value is -1.06. The van der Waals surface area contributed by atoms with Crippen molar-refractivity contribution >= 4 is 0 Å². The maximum atomic E-state index is 6.03. The number of ether oxygens (including phenoxy) is 2. The fourth-order valence-corrected chi connectivity index (χ4v) is 2.67. The average molecular weight is 263 g/mol. The highest BCUT2D eigenvalue weighted by Crippen LogP contribution is 2.27. The van der Waals surface area contributed by atoms with Crippen LogP contribution in [-0.2, 0) is 4.74 Å². The predicted molar refractivity (Wildman–Crippen MR) is 77.6 cm³/mol. The lowest BCUT2D eigenvalue weighted by molar-refractivity contribution is 0.0434. The SMILES string of the molecule is CCOc1ccccc1C(COC1CCCC1)NC. The minimum Gasteiger partial charge on any atom is -0.494 e. The monoisotopic (exact) mass is 263 g/mol. The molecule has 1 unspecified atom stereocenters. The zero-order valence-electron chi connectivity index (χ0n) is 12.0.